The van der Waals surface area contributed by atoms with Crippen LogP contribution in [-0.2, 0) is 19.4 Å². The third-order valence-corrected chi connectivity index (χ3v) is 5.39. The van der Waals surface area contributed by atoms with Crippen molar-refractivity contribution in [1.29, 1.82) is 0 Å². The van der Waals surface area contributed by atoms with E-state index in [9.17, 15) is 0 Å². The molecule has 0 spiro atoms. The summed E-state index contributed by atoms with van der Waals surface area (Å²) < 4.78 is 2.07. The zero-order valence-electron chi connectivity index (χ0n) is 15.6. The van der Waals surface area contributed by atoms with Gasteiger partial charge in [0.1, 0.15) is 0 Å². The molecule has 3 aromatic heterocycles. The van der Waals surface area contributed by atoms with Crippen molar-refractivity contribution >= 4 is 0 Å². The van der Waals surface area contributed by atoms with Gasteiger partial charge in [-0.1, -0.05) is 30.3 Å². The number of nitrogens with one attached hydrogen (secondary N) is 1. The Morgan fingerprint density at radius 2 is 1.82 bits per heavy atom. The molecule has 1 aromatic carbocycles. The maximum Gasteiger partial charge on any atom is 0.233 e. The smallest absolute Gasteiger partial charge is 0.233 e. The van der Waals surface area contributed by atoms with Crippen LogP contribution in [0.1, 0.15) is 28.7 Å². The van der Waals surface area contributed by atoms with Crippen LogP contribution < -0.4 is 0 Å². The fraction of sp³-hybridized carbons (Fsp3) is 0.227. The first-order valence-electron chi connectivity index (χ1n) is 9.62. The summed E-state index contributed by atoms with van der Waals surface area (Å²) in [6, 6.07) is 17.0. The van der Waals surface area contributed by atoms with E-state index >= 15 is 0 Å². The lowest BCUT2D eigenvalue weighted by Crippen LogP contribution is -2.36. The van der Waals surface area contributed by atoms with Gasteiger partial charge in [-0.05, 0) is 30.2 Å². The van der Waals surface area contributed by atoms with Crippen molar-refractivity contribution in [2.75, 3.05) is 6.54 Å². The van der Waals surface area contributed by atoms with Crippen LogP contribution in [0.5, 0.6) is 0 Å². The Morgan fingerprint density at radius 3 is 2.68 bits per heavy atom. The van der Waals surface area contributed by atoms with E-state index in [1.165, 1.54) is 22.6 Å². The van der Waals surface area contributed by atoms with Gasteiger partial charge in [-0.25, -0.2) is 15.0 Å². The second kappa shape index (κ2) is 7.40. The maximum atomic E-state index is 4.67. The molecule has 1 aliphatic rings. The van der Waals surface area contributed by atoms with Gasteiger partial charge in [0.25, 0.3) is 0 Å². The van der Waals surface area contributed by atoms with E-state index in [1.807, 2.05) is 18.6 Å². The number of fused-ring (bicyclic) bond motifs is 1. The number of aromatic amines is 1. The third-order valence-electron chi connectivity index (χ3n) is 5.39. The summed E-state index contributed by atoms with van der Waals surface area (Å²) in [6.45, 7) is 1.82. The Morgan fingerprint density at radius 1 is 0.964 bits per heavy atom. The summed E-state index contributed by atoms with van der Waals surface area (Å²) in [5.74, 6) is 0.708. The number of aromatic nitrogens is 5. The molecule has 140 valence electrons. The second-order valence-corrected chi connectivity index (χ2v) is 7.11. The molecule has 4 heterocycles. The van der Waals surface area contributed by atoms with Gasteiger partial charge >= 0.3 is 0 Å². The predicted molar refractivity (Wildman–Crippen MR) is 107 cm³/mol. The van der Waals surface area contributed by atoms with Crippen molar-refractivity contribution in [3.8, 4) is 5.95 Å². The summed E-state index contributed by atoms with van der Waals surface area (Å²) in [5.41, 5.74) is 4.95. The van der Waals surface area contributed by atoms with E-state index < -0.39 is 0 Å². The molecule has 0 unspecified atom stereocenters. The van der Waals surface area contributed by atoms with E-state index in [4.69, 9.17) is 0 Å². The molecule has 0 aliphatic carbocycles. The van der Waals surface area contributed by atoms with Crippen LogP contribution in [0.3, 0.4) is 0 Å². The summed E-state index contributed by atoms with van der Waals surface area (Å²) in [4.78, 5) is 19.3. The highest BCUT2D eigenvalue weighted by atomic mass is 15.2. The number of benzene rings is 1. The molecule has 6 heteroatoms. The topological polar surface area (TPSA) is 62.6 Å². The van der Waals surface area contributed by atoms with Gasteiger partial charge in [0, 0.05) is 49.5 Å². The average Bonchev–Trinajstić information content (AvgIpc) is 3.41. The van der Waals surface area contributed by atoms with Crippen molar-refractivity contribution in [2.45, 2.75) is 25.4 Å². The molecule has 0 saturated carbocycles. The van der Waals surface area contributed by atoms with Crippen LogP contribution in [0.4, 0.5) is 0 Å². The van der Waals surface area contributed by atoms with Crippen molar-refractivity contribution in [3.05, 3.63) is 96.1 Å². The first kappa shape index (κ1) is 16.9. The monoisotopic (exact) mass is 370 g/mol. The zero-order valence-corrected chi connectivity index (χ0v) is 15.6. The average molecular weight is 370 g/mol. The molecule has 0 saturated heterocycles. The zero-order chi connectivity index (χ0) is 18.8. The quantitative estimate of drug-likeness (QED) is 0.585. The fourth-order valence-corrected chi connectivity index (χ4v) is 4.02. The molecule has 1 aliphatic heterocycles. The minimum Gasteiger partial charge on any atom is -0.348 e. The highest BCUT2D eigenvalue weighted by molar-refractivity contribution is 5.26. The van der Waals surface area contributed by atoms with Crippen molar-refractivity contribution in [1.82, 2.24) is 29.4 Å². The standard InChI is InChI=1S/C22H22N6/c1-2-6-17(7-3-1)14-20-21-19(25-16-26-21)9-13-27(20)15-18-8-4-12-28(18)22-23-10-5-11-24-22/h1-8,10-12,16,20H,9,13-15H2,(H,25,26)/t20-/m0/s1. The summed E-state index contributed by atoms with van der Waals surface area (Å²) in [5, 5.41) is 0. The lowest BCUT2D eigenvalue weighted by Gasteiger charge is -2.35. The van der Waals surface area contributed by atoms with Crippen LogP contribution in [0.2, 0.25) is 0 Å². The van der Waals surface area contributed by atoms with Crippen LogP contribution in [0, 0.1) is 0 Å². The van der Waals surface area contributed by atoms with Gasteiger partial charge in [-0.3, -0.25) is 9.47 Å². The molecule has 0 radical (unpaired) electrons. The largest absolute Gasteiger partial charge is 0.348 e. The Bertz CT molecular complexity index is 1040. The highest BCUT2D eigenvalue weighted by Crippen LogP contribution is 2.32. The molecule has 1 N–H and O–H groups in total. The normalized spacial score (nSPS) is 16.8. The van der Waals surface area contributed by atoms with E-state index in [-0.39, 0.29) is 6.04 Å². The predicted octanol–water partition coefficient (Wildman–Crippen LogP) is 3.33. The van der Waals surface area contributed by atoms with Gasteiger partial charge in [0.2, 0.25) is 5.95 Å². The van der Waals surface area contributed by atoms with Crippen molar-refractivity contribution < 1.29 is 0 Å². The maximum absolute atomic E-state index is 4.67. The van der Waals surface area contributed by atoms with E-state index in [0.717, 1.165) is 25.9 Å². The van der Waals surface area contributed by atoms with Gasteiger partial charge < -0.3 is 4.98 Å². The Balaban J connectivity index is 1.45. The number of H-pyrrole nitrogens is 1. The number of imidazole rings is 1. The minimum absolute atomic E-state index is 0.248. The molecular formula is C22H22N6. The Kier molecular flexibility index (Phi) is 4.47. The van der Waals surface area contributed by atoms with Gasteiger partial charge in [-0.2, -0.15) is 0 Å². The van der Waals surface area contributed by atoms with Gasteiger partial charge in [0.05, 0.1) is 18.1 Å². The summed E-state index contributed by atoms with van der Waals surface area (Å²) in [7, 11) is 0. The molecular weight excluding hydrogens is 348 g/mol. The molecule has 28 heavy (non-hydrogen) atoms. The summed E-state index contributed by atoms with van der Waals surface area (Å²) in [6.07, 6.45) is 9.35. The third kappa shape index (κ3) is 3.23. The first-order valence-corrected chi connectivity index (χ1v) is 9.62. The van der Waals surface area contributed by atoms with Crippen LogP contribution in [0.15, 0.2) is 73.4 Å². The lowest BCUT2D eigenvalue weighted by atomic mass is 9.96. The van der Waals surface area contributed by atoms with Crippen LogP contribution in [0.25, 0.3) is 5.95 Å². The fourth-order valence-electron chi connectivity index (χ4n) is 4.02. The van der Waals surface area contributed by atoms with Crippen LogP contribution >= 0.6 is 0 Å². The van der Waals surface area contributed by atoms with Gasteiger partial charge in [-0.15, -0.1) is 0 Å². The molecule has 4 aromatic rings. The van der Waals surface area contributed by atoms with E-state index in [0.29, 0.717) is 5.95 Å². The van der Waals surface area contributed by atoms with Crippen molar-refractivity contribution in [2.24, 2.45) is 0 Å². The second-order valence-electron chi connectivity index (χ2n) is 7.11. The molecule has 0 amide bonds. The Labute approximate surface area is 163 Å². The number of hydrogen-bond acceptors (Lipinski definition) is 4. The lowest BCUT2D eigenvalue weighted by molar-refractivity contribution is 0.167. The number of hydrogen-bond donors (Lipinski definition) is 1. The van der Waals surface area contributed by atoms with Crippen molar-refractivity contribution in [3.63, 3.8) is 0 Å². The number of nitrogens with zero attached hydrogens (tertiary/aromatic N) is 5. The minimum atomic E-state index is 0.248. The molecule has 6 nitrogen and oxygen atoms in total. The summed E-state index contributed by atoms with van der Waals surface area (Å²) >= 11 is 0. The Hall–Kier alpha value is -3.25. The van der Waals surface area contributed by atoms with E-state index in [2.05, 4.69) is 71.9 Å². The molecule has 0 bridgehead atoms. The molecule has 0 fully saturated rings. The van der Waals surface area contributed by atoms with Gasteiger partial charge in [0.15, 0.2) is 0 Å². The highest BCUT2D eigenvalue weighted by Gasteiger charge is 2.30. The number of rotatable bonds is 5. The van der Waals surface area contributed by atoms with E-state index in [1.54, 1.807) is 12.4 Å². The van der Waals surface area contributed by atoms with Crippen LogP contribution in [-0.4, -0.2) is 35.9 Å². The first-order chi connectivity index (χ1) is 13.9. The molecule has 1 atom stereocenters. The SMILES string of the molecule is c1ccc(C[C@H]2c3nc[nH]c3CCN2Cc2cccn2-c2ncccn2)cc1. The molecule has 5 rings (SSSR count).